The van der Waals surface area contributed by atoms with Gasteiger partial charge in [0, 0.05) is 11.6 Å². The van der Waals surface area contributed by atoms with E-state index in [2.05, 4.69) is 10.3 Å². The Balaban J connectivity index is 2.07. The number of halogens is 1. The molecule has 2 rings (SSSR count). The summed E-state index contributed by atoms with van der Waals surface area (Å²) >= 11 is 7.19. The quantitative estimate of drug-likeness (QED) is 0.834. The molecule has 1 amide bonds. The zero-order valence-corrected chi connectivity index (χ0v) is 9.68. The number of thiazole rings is 1. The fourth-order valence-electron chi connectivity index (χ4n) is 1.22. The van der Waals surface area contributed by atoms with Gasteiger partial charge in [-0.3, -0.25) is 9.20 Å². The van der Waals surface area contributed by atoms with Gasteiger partial charge in [0.15, 0.2) is 4.96 Å². The van der Waals surface area contributed by atoms with Crippen molar-refractivity contribution in [3.63, 3.8) is 0 Å². The first-order valence-electron chi connectivity index (χ1n) is 4.49. The molecule has 6 heteroatoms. The van der Waals surface area contributed by atoms with Crippen molar-refractivity contribution >= 4 is 33.8 Å². The van der Waals surface area contributed by atoms with Crippen LogP contribution in [-0.2, 0) is 11.3 Å². The molecule has 0 saturated carbocycles. The van der Waals surface area contributed by atoms with Crippen LogP contribution >= 0.6 is 22.9 Å². The zero-order valence-electron chi connectivity index (χ0n) is 8.11. The largest absolute Gasteiger partial charge is 0.349 e. The first-order valence-corrected chi connectivity index (χ1v) is 5.81. The standard InChI is InChI=1S/C9H10ClN3OS/c1-6(10)8(14)11-4-7-5-12-9-13(7)2-3-15-9/h2-3,5-6H,4H2,1H3,(H,11,14). The third kappa shape index (κ3) is 2.13. The van der Waals surface area contributed by atoms with Crippen molar-refractivity contribution in [2.45, 2.75) is 18.8 Å². The first kappa shape index (κ1) is 10.4. The van der Waals surface area contributed by atoms with E-state index in [0.29, 0.717) is 6.54 Å². The number of hydrogen-bond acceptors (Lipinski definition) is 3. The van der Waals surface area contributed by atoms with Gasteiger partial charge in [0.05, 0.1) is 18.4 Å². The van der Waals surface area contributed by atoms with Crippen LogP contribution in [0.25, 0.3) is 4.96 Å². The van der Waals surface area contributed by atoms with Gasteiger partial charge in [-0.25, -0.2) is 4.98 Å². The summed E-state index contributed by atoms with van der Waals surface area (Å²) in [6.45, 7) is 2.10. The fourth-order valence-corrected chi connectivity index (χ4v) is 2.01. The van der Waals surface area contributed by atoms with E-state index in [-0.39, 0.29) is 5.91 Å². The van der Waals surface area contributed by atoms with Gasteiger partial charge in [0.25, 0.3) is 0 Å². The minimum atomic E-state index is -0.504. The zero-order chi connectivity index (χ0) is 10.8. The predicted molar refractivity (Wildman–Crippen MR) is 60.2 cm³/mol. The van der Waals surface area contributed by atoms with Crippen molar-refractivity contribution in [1.82, 2.24) is 14.7 Å². The van der Waals surface area contributed by atoms with Gasteiger partial charge in [-0.1, -0.05) is 0 Å². The van der Waals surface area contributed by atoms with Crippen LogP contribution in [0.4, 0.5) is 0 Å². The number of carbonyl (C=O) groups is 1. The smallest absolute Gasteiger partial charge is 0.238 e. The number of amides is 1. The number of alkyl halides is 1. The van der Waals surface area contributed by atoms with E-state index in [4.69, 9.17) is 11.6 Å². The van der Waals surface area contributed by atoms with E-state index in [1.165, 1.54) is 0 Å². The van der Waals surface area contributed by atoms with Crippen LogP contribution in [0.2, 0.25) is 0 Å². The van der Waals surface area contributed by atoms with Crippen LogP contribution in [0.3, 0.4) is 0 Å². The monoisotopic (exact) mass is 243 g/mol. The van der Waals surface area contributed by atoms with Gasteiger partial charge in [-0.15, -0.1) is 22.9 Å². The summed E-state index contributed by atoms with van der Waals surface area (Å²) in [5, 5.41) is 4.19. The van der Waals surface area contributed by atoms with Crippen molar-refractivity contribution in [3.05, 3.63) is 23.5 Å². The van der Waals surface area contributed by atoms with Crippen molar-refractivity contribution in [2.75, 3.05) is 0 Å². The van der Waals surface area contributed by atoms with Crippen LogP contribution in [-0.4, -0.2) is 20.7 Å². The molecule has 0 saturated heterocycles. The maximum absolute atomic E-state index is 11.2. The molecule has 2 heterocycles. The molecular weight excluding hydrogens is 234 g/mol. The van der Waals surface area contributed by atoms with E-state index in [0.717, 1.165) is 10.7 Å². The van der Waals surface area contributed by atoms with E-state index in [1.54, 1.807) is 24.5 Å². The topological polar surface area (TPSA) is 46.4 Å². The Hall–Kier alpha value is -1.07. The molecule has 0 radical (unpaired) electrons. The molecular formula is C9H10ClN3OS. The van der Waals surface area contributed by atoms with Crippen LogP contribution in [0.5, 0.6) is 0 Å². The molecule has 2 aromatic heterocycles. The van der Waals surface area contributed by atoms with E-state index in [9.17, 15) is 4.79 Å². The molecule has 0 aliphatic heterocycles. The number of aromatic nitrogens is 2. The van der Waals surface area contributed by atoms with Crippen LogP contribution < -0.4 is 5.32 Å². The fraction of sp³-hybridized carbons (Fsp3) is 0.333. The number of nitrogens with zero attached hydrogens (tertiary/aromatic N) is 2. The second-order valence-corrected chi connectivity index (χ2v) is 4.67. The SMILES string of the molecule is CC(Cl)C(=O)NCc1cnc2sccn12. The van der Waals surface area contributed by atoms with Gasteiger partial charge >= 0.3 is 0 Å². The summed E-state index contributed by atoms with van der Waals surface area (Å²) < 4.78 is 1.95. The Bertz CT molecular complexity index is 476. The van der Waals surface area contributed by atoms with E-state index < -0.39 is 5.38 Å². The minimum Gasteiger partial charge on any atom is -0.349 e. The number of fused-ring (bicyclic) bond motifs is 1. The Labute approximate surface area is 95.9 Å². The van der Waals surface area contributed by atoms with Gasteiger partial charge in [0.1, 0.15) is 5.38 Å². The van der Waals surface area contributed by atoms with Gasteiger partial charge in [-0.2, -0.15) is 0 Å². The molecule has 2 aromatic rings. The second-order valence-electron chi connectivity index (χ2n) is 3.14. The second kappa shape index (κ2) is 4.20. The molecule has 80 valence electrons. The number of rotatable bonds is 3. The molecule has 4 nitrogen and oxygen atoms in total. The maximum atomic E-state index is 11.2. The summed E-state index contributed by atoms with van der Waals surface area (Å²) in [5.74, 6) is -0.165. The van der Waals surface area contributed by atoms with E-state index in [1.807, 2.05) is 16.0 Å². The summed E-state index contributed by atoms with van der Waals surface area (Å²) in [6.07, 6.45) is 3.68. The van der Waals surface area contributed by atoms with Crippen LogP contribution in [0.1, 0.15) is 12.6 Å². The minimum absolute atomic E-state index is 0.165. The highest BCUT2D eigenvalue weighted by Gasteiger charge is 2.10. The van der Waals surface area contributed by atoms with Gasteiger partial charge in [0.2, 0.25) is 5.91 Å². The highest BCUT2D eigenvalue weighted by molar-refractivity contribution is 7.15. The molecule has 1 N–H and O–H groups in total. The molecule has 0 fully saturated rings. The third-order valence-electron chi connectivity index (χ3n) is 2.03. The van der Waals surface area contributed by atoms with Crippen molar-refractivity contribution in [1.29, 1.82) is 0 Å². The summed E-state index contributed by atoms with van der Waals surface area (Å²) in [7, 11) is 0. The molecule has 15 heavy (non-hydrogen) atoms. The van der Waals surface area contributed by atoms with E-state index >= 15 is 0 Å². The number of hydrogen-bond donors (Lipinski definition) is 1. The maximum Gasteiger partial charge on any atom is 0.238 e. The Morgan fingerprint density at radius 2 is 2.60 bits per heavy atom. The molecule has 0 spiro atoms. The Morgan fingerprint density at radius 1 is 1.80 bits per heavy atom. The first-order chi connectivity index (χ1) is 7.18. The van der Waals surface area contributed by atoms with Crippen molar-refractivity contribution in [2.24, 2.45) is 0 Å². The highest BCUT2D eigenvalue weighted by Crippen LogP contribution is 2.12. The highest BCUT2D eigenvalue weighted by atomic mass is 35.5. The lowest BCUT2D eigenvalue weighted by molar-refractivity contribution is -0.120. The Kier molecular flexibility index (Phi) is 2.93. The number of carbonyl (C=O) groups excluding carboxylic acids is 1. The number of nitrogens with one attached hydrogen (secondary N) is 1. The predicted octanol–water partition coefficient (Wildman–Crippen LogP) is 1.64. The van der Waals surface area contributed by atoms with Crippen molar-refractivity contribution < 1.29 is 4.79 Å². The lowest BCUT2D eigenvalue weighted by atomic mass is 10.4. The lowest BCUT2D eigenvalue weighted by Gasteiger charge is -2.04. The van der Waals surface area contributed by atoms with Gasteiger partial charge < -0.3 is 5.32 Å². The van der Waals surface area contributed by atoms with Crippen molar-refractivity contribution in [3.8, 4) is 0 Å². The van der Waals surface area contributed by atoms with Crippen LogP contribution in [0, 0.1) is 0 Å². The average Bonchev–Trinajstić information content (AvgIpc) is 2.76. The van der Waals surface area contributed by atoms with Gasteiger partial charge in [-0.05, 0) is 6.92 Å². The summed E-state index contributed by atoms with van der Waals surface area (Å²) in [5.41, 5.74) is 0.955. The molecule has 1 atom stereocenters. The number of imidazole rings is 1. The molecule has 0 aliphatic rings. The molecule has 0 bridgehead atoms. The summed E-state index contributed by atoms with van der Waals surface area (Å²) in [4.78, 5) is 16.4. The third-order valence-corrected chi connectivity index (χ3v) is 3.00. The molecule has 0 aliphatic carbocycles. The summed E-state index contributed by atoms with van der Waals surface area (Å²) in [6, 6.07) is 0. The van der Waals surface area contributed by atoms with Crippen LogP contribution in [0.15, 0.2) is 17.8 Å². The molecule has 0 aromatic carbocycles. The average molecular weight is 244 g/mol. The Morgan fingerprint density at radius 3 is 3.33 bits per heavy atom. The normalized spacial score (nSPS) is 12.9. The molecule has 1 unspecified atom stereocenters. The lowest BCUT2D eigenvalue weighted by Crippen LogP contribution is -2.29.